The van der Waals surface area contributed by atoms with Gasteiger partial charge >= 0.3 is 5.97 Å². The molecular weight excluding hydrogens is 335 g/mol. The minimum absolute atomic E-state index is 0.232. The summed E-state index contributed by atoms with van der Waals surface area (Å²) < 4.78 is 18.5. The van der Waals surface area contributed by atoms with Gasteiger partial charge in [-0.25, -0.2) is 9.18 Å². The Bertz CT molecular complexity index is 775. The summed E-state index contributed by atoms with van der Waals surface area (Å²) >= 11 is 0. The standard InChI is InChI=1S/C20H23FN2O3/c1-14(19(24)23(4)13-15-6-5-7-17(21)12-15)26-20(25)16-8-10-18(11-9-16)22(2)3/h5-12,14H,13H2,1-4H3/t14-/m1/s1. The first-order chi connectivity index (χ1) is 12.3. The van der Waals surface area contributed by atoms with Crippen LogP contribution in [0.1, 0.15) is 22.8 Å². The Kier molecular flexibility index (Phi) is 6.33. The average Bonchev–Trinajstić information content (AvgIpc) is 2.61. The topological polar surface area (TPSA) is 49.9 Å². The maximum Gasteiger partial charge on any atom is 0.338 e. The summed E-state index contributed by atoms with van der Waals surface area (Å²) in [6, 6.07) is 13.0. The molecule has 0 aliphatic heterocycles. The number of rotatable bonds is 6. The van der Waals surface area contributed by atoms with Crippen molar-refractivity contribution in [2.45, 2.75) is 19.6 Å². The number of benzene rings is 2. The van der Waals surface area contributed by atoms with E-state index in [0.717, 1.165) is 5.69 Å². The monoisotopic (exact) mass is 358 g/mol. The van der Waals surface area contributed by atoms with Crippen molar-refractivity contribution in [2.24, 2.45) is 0 Å². The Morgan fingerprint density at radius 3 is 2.31 bits per heavy atom. The highest BCUT2D eigenvalue weighted by Crippen LogP contribution is 2.14. The zero-order valence-electron chi connectivity index (χ0n) is 15.4. The molecule has 0 aliphatic rings. The van der Waals surface area contributed by atoms with E-state index in [1.807, 2.05) is 19.0 Å². The van der Waals surface area contributed by atoms with Crippen molar-refractivity contribution in [3.63, 3.8) is 0 Å². The van der Waals surface area contributed by atoms with Crippen LogP contribution in [0.4, 0.5) is 10.1 Å². The second-order valence-corrected chi connectivity index (χ2v) is 6.31. The summed E-state index contributed by atoms with van der Waals surface area (Å²) in [4.78, 5) is 27.9. The molecular formula is C20H23FN2O3. The normalized spacial score (nSPS) is 11.6. The summed E-state index contributed by atoms with van der Waals surface area (Å²) in [6.07, 6.45) is -0.936. The molecule has 0 saturated heterocycles. The van der Waals surface area contributed by atoms with Gasteiger partial charge in [-0.3, -0.25) is 4.79 Å². The lowest BCUT2D eigenvalue weighted by Crippen LogP contribution is -2.37. The predicted octanol–water partition coefficient (Wildman–Crippen LogP) is 3.10. The maximum absolute atomic E-state index is 13.2. The van der Waals surface area contributed by atoms with Gasteiger partial charge in [0.15, 0.2) is 6.10 Å². The second-order valence-electron chi connectivity index (χ2n) is 6.31. The summed E-state index contributed by atoms with van der Waals surface area (Å²) in [5, 5.41) is 0. The smallest absolute Gasteiger partial charge is 0.338 e. The van der Waals surface area contributed by atoms with Crippen molar-refractivity contribution in [2.75, 3.05) is 26.0 Å². The SMILES string of the molecule is C[C@@H](OC(=O)c1ccc(N(C)C)cc1)C(=O)N(C)Cc1cccc(F)c1. The molecule has 0 aliphatic carbocycles. The number of amides is 1. The third-order valence-electron chi connectivity index (χ3n) is 3.94. The van der Waals surface area contributed by atoms with E-state index in [4.69, 9.17) is 4.74 Å². The summed E-state index contributed by atoms with van der Waals surface area (Å²) in [5.74, 6) is -1.27. The molecule has 26 heavy (non-hydrogen) atoms. The van der Waals surface area contributed by atoms with Crippen LogP contribution in [0.2, 0.25) is 0 Å². The van der Waals surface area contributed by atoms with Gasteiger partial charge in [0.25, 0.3) is 5.91 Å². The largest absolute Gasteiger partial charge is 0.449 e. The lowest BCUT2D eigenvalue weighted by molar-refractivity contribution is -0.139. The molecule has 1 atom stereocenters. The molecule has 2 aromatic carbocycles. The van der Waals surface area contributed by atoms with Crippen LogP contribution in [-0.4, -0.2) is 44.0 Å². The van der Waals surface area contributed by atoms with Crippen molar-refractivity contribution < 1.29 is 18.7 Å². The summed E-state index contributed by atoms with van der Waals surface area (Å²) in [5.41, 5.74) is 2.00. The van der Waals surface area contributed by atoms with Crippen molar-refractivity contribution in [3.8, 4) is 0 Å². The van der Waals surface area contributed by atoms with E-state index in [2.05, 4.69) is 0 Å². The van der Waals surface area contributed by atoms with Crippen LogP contribution in [0, 0.1) is 5.82 Å². The van der Waals surface area contributed by atoms with Gasteiger partial charge in [0, 0.05) is 33.4 Å². The first kappa shape index (κ1) is 19.4. The Morgan fingerprint density at radius 2 is 1.73 bits per heavy atom. The average molecular weight is 358 g/mol. The van der Waals surface area contributed by atoms with Gasteiger partial charge in [0.05, 0.1) is 5.56 Å². The molecule has 2 aromatic rings. The van der Waals surface area contributed by atoms with Crippen LogP contribution in [0.15, 0.2) is 48.5 Å². The second kappa shape index (κ2) is 8.47. The fourth-order valence-corrected chi connectivity index (χ4v) is 2.47. The Morgan fingerprint density at radius 1 is 1.08 bits per heavy atom. The van der Waals surface area contributed by atoms with Crippen LogP contribution in [-0.2, 0) is 16.1 Å². The van der Waals surface area contributed by atoms with Gasteiger partial charge in [-0.15, -0.1) is 0 Å². The minimum atomic E-state index is -0.936. The molecule has 6 heteroatoms. The molecule has 0 heterocycles. The number of anilines is 1. The lowest BCUT2D eigenvalue weighted by Gasteiger charge is -2.21. The first-order valence-electron chi connectivity index (χ1n) is 8.25. The number of likely N-dealkylation sites (N-methyl/N-ethyl adjacent to an activating group) is 1. The molecule has 0 radical (unpaired) electrons. The molecule has 0 spiro atoms. The number of nitrogens with zero attached hydrogens (tertiary/aromatic N) is 2. The van der Waals surface area contributed by atoms with Gasteiger partial charge in [-0.2, -0.15) is 0 Å². The highest BCUT2D eigenvalue weighted by molar-refractivity contribution is 5.92. The molecule has 0 unspecified atom stereocenters. The molecule has 138 valence electrons. The van der Waals surface area contributed by atoms with E-state index in [1.54, 1.807) is 43.4 Å². The predicted molar refractivity (Wildman–Crippen MR) is 98.5 cm³/mol. The van der Waals surface area contributed by atoms with Crippen molar-refractivity contribution in [1.82, 2.24) is 4.90 Å². The minimum Gasteiger partial charge on any atom is -0.449 e. The van der Waals surface area contributed by atoms with E-state index in [-0.39, 0.29) is 18.3 Å². The fourth-order valence-electron chi connectivity index (χ4n) is 2.47. The lowest BCUT2D eigenvalue weighted by atomic mass is 10.2. The maximum atomic E-state index is 13.2. The third-order valence-corrected chi connectivity index (χ3v) is 3.94. The molecule has 0 saturated carbocycles. The number of esters is 1. The van der Waals surface area contributed by atoms with Crippen molar-refractivity contribution in [1.29, 1.82) is 0 Å². The highest BCUT2D eigenvalue weighted by Gasteiger charge is 2.22. The Balaban J connectivity index is 1.95. The molecule has 0 aromatic heterocycles. The van der Waals surface area contributed by atoms with E-state index < -0.39 is 12.1 Å². The van der Waals surface area contributed by atoms with Crippen molar-refractivity contribution >= 4 is 17.6 Å². The Labute approximate surface area is 153 Å². The zero-order chi connectivity index (χ0) is 19.3. The van der Waals surface area contributed by atoms with Crippen LogP contribution in [0.3, 0.4) is 0 Å². The van der Waals surface area contributed by atoms with Crippen LogP contribution >= 0.6 is 0 Å². The van der Waals surface area contributed by atoms with E-state index in [0.29, 0.717) is 11.1 Å². The first-order valence-corrected chi connectivity index (χ1v) is 8.25. The molecule has 0 N–H and O–H groups in total. The van der Waals surface area contributed by atoms with E-state index in [1.165, 1.54) is 24.0 Å². The molecule has 0 fully saturated rings. The number of carbonyl (C=O) groups excluding carboxylic acids is 2. The molecule has 2 rings (SSSR count). The number of ether oxygens (including phenoxy) is 1. The highest BCUT2D eigenvalue weighted by atomic mass is 19.1. The van der Waals surface area contributed by atoms with E-state index >= 15 is 0 Å². The third kappa shape index (κ3) is 5.05. The van der Waals surface area contributed by atoms with Gasteiger partial charge in [0.2, 0.25) is 0 Å². The number of hydrogen-bond acceptors (Lipinski definition) is 4. The molecule has 5 nitrogen and oxygen atoms in total. The van der Waals surface area contributed by atoms with Crippen LogP contribution in [0.25, 0.3) is 0 Å². The molecule has 1 amide bonds. The quantitative estimate of drug-likeness (QED) is 0.745. The number of halogens is 1. The fraction of sp³-hybridized carbons (Fsp3) is 0.300. The zero-order valence-corrected chi connectivity index (χ0v) is 15.4. The van der Waals surface area contributed by atoms with E-state index in [9.17, 15) is 14.0 Å². The number of carbonyl (C=O) groups is 2. The van der Waals surface area contributed by atoms with Gasteiger partial charge in [-0.05, 0) is 48.9 Å². The molecule has 0 bridgehead atoms. The van der Waals surface area contributed by atoms with Crippen molar-refractivity contribution in [3.05, 3.63) is 65.5 Å². The summed E-state index contributed by atoms with van der Waals surface area (Å²) in [6.45, 7) is 1.76. The number of hydrogen-bond donors (Lipinski definition) is 0. The van der Waals surface area contributed by atoms with Crippen LogP contribution in [0.5, 0.6) is 0 Å². The van der Waals surface area contributed by atoms with Gasteiger partial charge in [0.1, 0.15) is 5.82 Å². The van der Waals surface area contributed by atoms with Crippen LogP contribution < -0.4 is 4.90 Å². The van der Waals surface area contributed by atoms with Gasteiger partial charge < -0.3 is 14.5 Å². The Hall–Kier alpha value is -2.89. The van der Waals surface area contributed by atoms with Gasteiger partial charge in [-0.1, -0.05) is 12.1 Å². The summed E-state index contributed by atoms with van der Waals surface area (Å²) in [7, 11) is 5.40.